The lowest BCUT2D eigenvalue weighted by atomic mass is 10.1. The summed E-state index contributed by atoms with van der Waals surface area (Å²) >= 11 is 0. The Balaban J connectivity index is 1.65. The van der Waals surface area contributed by atoms with E-state index in [0.29, 0.717) is 12.2 Å². The lowest BCUT2D eigenvalue weighted by molar-refractivity contribution is -0.131. The molecule has 0 aliphatic carbocycles. The molecule has 1 unspecified atom stereocenters. The average Bonchev–Trinajstić information content (AvgIpc) is 3.12. The second-order valence-electron chi connectivity index (χ2n) is 6.55. The summed E-state index contributed by atoms with van der Waals surface area (Å²) in [7, 11) is -3.80. The monoisotopic (exact) mass is 391 g/mol. The van der Waals surface area contributed by atoms with Crippen LogP contribution in [0.1, 0.15) is 18.4 Å². The molecule has 8 heteroatoms. The second-order valence-corrected chi connectivity index (χ2v) is 8.23. The van der Waals surface area contributed by atoms with E-state index in [1.54, 1.807) is 24.3 Å². The minimum atomic E-state index is -3.80. The van der Waals surface area contributed by atoms with E-state index in [2.05, 4.69) is 4.72 Å². The second kappa shape index (κ2) is 8.06. The fourth-order valence-corrected chi connectivity index (χ4v) is 4.26. The van der Waals surface area contributed by atoms with E-state index in [0.717, 1.165) is 37.1 Å². The Hall–Kier alpha value is -2.45. The summed E-state index contributed by atoms with van der Waals surface area (Å²) < 4.78 is 40.0. The molecule has 0 saturated carbocycles. The van der Waals surface area contributed by atoms with Gasteiger partial charge in [0, 0.05) is 24.8 Å². The number of nitrogens with two attached hydrogens (primary N) is 1. The van der Waals surface area contributed by atoms with Crippen LogP contribution in [0.3, 0.4) is 0 Å². The third kappa shape index (κ3) is 4.64. The van der Waals surface area contributed by atoms with Crippen LogP contribution in [-0.2, 0) is 21.2 Å². The van der Waals surface area contributed by atoms with Gasteiger partial charge in [-0.3, -0.25) is 9.52 Å². The Bertz CT molecular complexity index is 899. The van der Waals surface area contributed by atoms with Gasteiger partial charge in [0.1, 0.15) is 5.82 Å². The van der Waals surface area contributed by atoms with Crippen molar-refractivity contribution in [3.05, 3.63) is 59.9 Å². The van der Waals surface area contributed by atoms with E-state index < -0.39 is 15.8 Å². The maximum absolute atomic E-state index is 13.0. The molecular formula is C19H22FN3O3S. The van der Waals surface area contributed by atoms with Crippen molar-refractivity contribution in [1.82, 2.24) is 4.90 Å². The number of benzene rings is 2. The van der Waals surface area contributed by atoms with Gasteiger partial charge in [-0.05, 0) is 54.8 Å². The van der Waals surface area contributed by atoms with Crippen molar-refractivity contribution in [2.75, 3.05) is 17.8 Å². The number of likely N-dealkylation sites (tertiary alicyclic amines) is 1. The van der Waals surface area contributed by atoms with Gasteiger partial charge in [0.15, 0.2) is 0 Å². The van der Waals surface area contributed by atoms with Crippen LogP contribution >= 0.6 is 0 Å². The molecule has 3 rings (SSSR count). The maximum Gasteiger partial charge on any atom is 0.261 e. The van der Waals surface area contributed by atoms with Crippen LogP contribution in [0.15, 0.2) is 53.4 Å². The Morgan fingerprint density at radius 2 is 1.81 bits per heavy atom. The van der Waals surface area contributed by atoms with Crippen molar-refractivity contribution < 1.29 is 17.6 Å². The standard InChI is InChI=1S/C19H22FN3O3S/c20-15-5-9-18(10-6-15)27(25,26)22-16-7-3-14(4-8-16)12-19(24)23-11-1-2-17(23)13-21/h3-10,17,22H,1-2,11-13,21H2. The van der Waals surface area contributed by atoms with Gasteiger partial charge in [0.05, 0.1) is 11.3 Å². The first-order valence-corrected chi connectivity index (χ1v) is 10.2. The first-order chi connectivity index (χ1) is 12.9. The highest BCUT2D eigenvalue weighted by molar-refractivity contribution is 7.92. The third-order valence-electron chi connectivity index (χ3n) is 4.65. The quantitative estimate of drug-likeness (QED) is 0.789. The van der Waals surface area contributed by atoms with Gasteiger partial charge >= 0.3 is 0 Å². The molecule has 1 saturated heterocycles. The molecule has 27 heavy (non-hydrogen) atoms. The average molecular weight is 391 g/mol. The number of amides is 1. The molecule has 1 atom stereocenters. The zero-order valence-electron chi connectivity index (χ0n) is 14.8. The van der Waals surface area contributed by atoms with Crippen LogP contribution in [0.25, 0.3) is 0 Å². The van der Waals surface area contributed by atoms with Crippen LogP contribution < -0.4 is 10.5 Å². The number of hydrogen-bond acceptors (Lipinski definition) is 4. The van der Waals surface area contributed by atoms with Gasteiger partial charge in [-0.2, -0.15) is 0 Å². The lowest BCUT2D eigenvalue weighted by Gasteiger charge is -2.23. The van der Waals surface area contributed by atoms with Gasteiger partial charge in [0.2, 0.25) is 5.91 Å². The van der Waals surface area contributed by atoms with Crippen molar-refractivity contribution in [1.29, 1.82) is 0 Å². The summed E-state index contributed by atoms with van der Waals surface area (Å²) in [5.74, 6) is -0.472. The fourth-order valence-electron chi connectivity index (χ4n) is 3.20. The van der Waals surface area contributed by atoms with E-state index >= 15 is 0 Å². The summed E-state index contributed by atoms with van der Waals surface area (Å²) in [6.45, 7) is 1.20. The Morgan fingerprint density at radius 3 is 2.44 bits per heavy atom. The first kappa shape index (κ1) is 19.3. The summed E-state index contributed by atoms with van der Waals surface area (Å²) in [5, 5.41) is 0. The number of hydrogen-bond donors (Lipinski definition) is 2. The van der Waals surface area contributed by atoms with E-state index in [1.165, 1.54) is 12.1 Å². The molecule has 0 spiro atoms. The number of nitrogens with zero attached hydrogens (tertiary/aromatic N) is 1. The van der Waals surface area contributed by atoms with E-state index in [1.807, 2.05) is 4.90 Å². The molecule has 0 bridgehead atoms. The zero-order valence-corrected chi connectivity index (χ0v) is 15.6. The highest BCUT2D eigenvalue weighted by atomic mass is 32.2. The molecule has 2 aromatic rings. The van der Waals surface area contributed by atoms with E-state index in [9.17, 15) is 17.6 Å². The predicted octanol–water partition coefficient (Wildman–Crippen LogP) is 2.12. The molecule has 144 valence electrons. The number of rotatable bonds is 6. The summed E-state index contributed by atoms with van der Waals surface area (Å²) in [6, 6.07) is 11.3. The number of carbonyl (C=O) groups excluding carboxylic acids is 1. The molecular weight excluding hydrogens is 369 g/mol. The Morgan fingerprint density at radius 1 is 1.15 bits per heavy atom. The van der Waals surface area contributed by atoms with Gasteiger partial charge in [0.25, 0.3) is 10.0 Å². The molecule has 0 radical (unpaired) electrons. The molecule has 3 N–H and O–H groups in total. The Labute approximate surface area is 158 Å². The topological polar surface area (TPSA) is 92.5 Å². The fraction of sp³-hybridized carbons (Fsp3) is 0.316. The van der Waals surface area contributed by atoms with E-state index in [4.69, 9.17) is 5.73 Å². The van der Waals surface area contributed by atoms with Crippen LogP contribution in [0.2, 0.25) is 0 Å². The zero-order chi connectivity index (χ0) is 19.4. The SMILES string of the molecule is NCC1CCCN1C(=O)Cc1ccc(NS(=O)(=O)c2ccc(F)cc2)cc1. The van der Waals surface area contributed by atoms with Gasteiger partial charge in [-0.15, -0.1) is 0 Å². The number of anilines is 1. The molecule has 1 heterocycles. The first-order valence-electron chi connectivity index (χ1n) is 8.76. The van der Waals surface area contributed by atoms with E-state index in [-0.39, 0.29) is 23.3 Å². The smallest absolute Gasteiger partial charge is 0.261 e. The molecule has 1 fully saturated rings. The van der Waals surface area contributed by atoms with Crippen molar-refractivity contribution in [3.63, 3.8) is 0 Å². The molecule has 1 aliphatic heterocycles. The molecule has 1 aliphatic rings. The summed E-state index contributed by atoms with van der Waals surface area (Å²) in [5.41, 5.74) is 6.88. The minimum Gasteiger partial charge on any atom is -0.338 e. The normalized spacial score (nSPS) is 17.1. The number of sulfonamides is 1. The van der Waals surface area contributed by atoms with Crippen LogP contribution in [-0.4, -0.2) is 38.4 Å². The van der Waals surface area contributed by atoms with Gasteiger partial charge < -0.3 is 10.6 Å². The highest BCUT2D eigenvalue weighted by Gasteiger charge is 2.27. The predicted molar refractivity (Wildman–Crippen MR) is 101 cm³/mol. The largest absolute Gasteiger partial charge is 0.338 e. The van der Waals surface area contributed by atoms with Crippen molar-refractivity contribution >= 4 is 21.6 Å². The van der Waals surface area contributed by atoms with Crippen molar-refractivity contribution in [3.8, 4) is 0 Å². The van der Waals surface area contributed by atoms with Crippen LogP contribution in [0, 0.1) is 5.82 Å². The van der Waals surface area contributed by atoms with Gasteiger partial charge in [-0.25, -0.2) is 12.8 Å². The lowest BCUT2D eigenvalue weighted by Crippen LogP contribution is -2.40. The number of nitrogens with one attached hydrogen (secondary N) is 1. The summed E-state index contributed by atoms with van der Waals surface area (Å²) in [6.07, 6.45) is 2.16. The summed E-state index contributed by atoms with van der Waals surface area (Å²) in [4.78, 5) is 14.2. The highest BCUT2D eigenvalue weighted by Crippen LogP contribution is 2.20. The molecule has 0 aromatic heterocycles. The third-order valence-corrected chi connectivity index (χ3v) is 6.05. The molecule has 6 nitrogen and oxygen atoms in total. The molecule has 2 aromatic carbocycles. The Kier molecular flexibility index (Phi) is 5.76. The maximum atomic E-state index is 13.0. The van der Waals surface area contributed by atoms with Crippen molar-refractivity contribution in [2.24, 2.45) is 5.73 Å². The van der Waals surface area contributed by atoms with Crippen LogP contribution in [0.4, 0.5) is 10.1 Å². The molecule has 1 amide bonds. The van der Waals surface area contributed by atoms with Crippen molar-refractivity contribution in [2.45, 2.75) is 30.2 Å². The minimum absolute atomic E-state index is 0.0231. The van der Waals surface area contributed by atoms with Gasteiger partial charge in [-0.1, -0.05) is 12.1 Å². The number of halogens is 1. The van der Waals surface area contributed by atoms with Crippen LogP contribution in [0.5, 0.6) is 0 Å². The number of carbonyl (C=O) groups is 1.